The van der Waals surface area contributed by atoms with Crippen LogP contribution >= 0.6 is 15.9 Å². The molecule has 0 aliphatic carbocycles. The van der Waals surface area contributed by atoms with Gasteiger partial charge in [-0.05, 0) is 13.0 Å². The Morgan fingerprint density at radius 2 is 2.15 bits per heavy atom. The lowest BCUT2D eigenvalue weighted by Crippen LogP contribution is -2.26. The molecule has 13 heavy (non-hydrogen) atoms. The molecule has 0 fully saturated rings. The normalized spacial score (nSPS) is 12.8. The van der Waals surface area contributed by atoms with Crippen molar-refractivity contribution in [3.63, 3.8) is 0 Å². The van der Waals surface area contributed by atoms with Gasteiger partial charge in [-0.1, -0.05) is 34.1 Å². The van der Waals surface area contributed by atoms with Crippen molar-refractivity contribution in [1.82, 2.24) is 5.32 Å². The molecule has 0 saturated carbocycles. The Labute approximate surface area is 86.5 Å². The Hall–Kier alpha value is -0.410. The van der Waals surface area contributed by atoms with Gasteiger partial charge in [0.25, 0.3) is 0 Å². The van der Waals surface area contributed by atoms with Crippen molar-refractivity contribution in [1.29, 1.82) is 0 Å². The van der Waals surface area contributed by atoms with Crippen molar-refractivity contribution in [2.24, 2.45) is 0 Å². The molecule has 0 spiro atoms. The summed E-state index contributed by atoms with van der Waals surface area (Å²) in [4.78, 5) is 0. The Bertz CT molecular complexity index is 265. The smallest absolute Gasteiger partial charge is 0.127 e. The van der Waals surface area contributed by atoms with Gasteiger partial charge in [0.15, 0.2) is 0 Å². The maximum Gasteiger partial charge on any atom is 0.127 e. The van der Waals surface area contributed by atoms with Crippen LogP contribution in [0.15, 0.2) is 24.3 Å². The molecule has 1 unspecified atom stereocenters. The van der Waals surface area contributed by atoms with Crippen LogP contribution in [0.2, 0.25) is 0 Å². The first-order valence-electron chi connectivity index (χ1n) is 4.26. The first-order chi connectivity index (χ1) is 6.24. The van der Waals surface area contributed by atoms with E-state index >= 15 is 0 Å². The standard InChI is InChI=1S/C10H13BrFN/c1-8(6-11)13-7-9-4-2-3-5-10(9)12/h2-5,8,13H,6-7H2,1H3. The first-order valence-corrected chi connectivity index (χ1v) is 5.39. The van der Waals surface area contributed by atoms with E-state index < -0.39 is 0 Å². The van der Waals surface area contributed by atoms with Gasteiger partial charge in [-0.15, -0.1) is 0 Å². The van der Waals surface area contributed by atoms with Gasteiger partial charge in [-0.2, -0.15) is 0 Å². The molecule has 0 amide bonds. The molecule has 1 aromatic carbocycles. The Morgan fingerprint density at radius 3 is 2.77 bits per heavy atom. The van der Waals surface area contributed by atoms with Crippen LogP contribution in [-0.2, 0) is 6.54 Å². The van der Waals surface area contributed by atoms with Crippen LogP contribution in [0.4, 0.5) is 4.39 Å². The first kappa shape index (κ1) is 10.7. The molecule has 0 bridgehead atoms. The fourth-order valence-corrected chi connectivity index (χ4v) is 1.21. The van der Waals surface area contributed by atoms with Crippen molar-refractivity contribution >= 4 is 15.9 Å². The lowest BCUT2D eigenvalue weighted by molar-refractivity contribution is 0.558. The Morgan fingerprint density at radius 1 is 1.46 bits per heavy atom. The van der Waals surface area contributed by atoms with E-state index in [9.17, 15) is 4.39 Å². The van der Waals surface area contributed by atoms with Crippen molar-refractivity contribution in [3.8, 4) is 0 Å². The van der Waals surface area contributed by atoms with E-state index in [2.05, 4.69) is 28.2 Å². The van der Waals surface area contributed by atoms with Gasteiger partial charge in [0.2, 0.25) is 0 Å². The predicted molar refractivity (Wildman–Crippen MR) is 56.5 cm³/mol. The van der Waals surface area contributed by atoms with E-state index in [0.717, 1.165) is 10.9 Å². The van der Waals surface area contributed by atoms with Crippen molar-refractivity contribution in [2.45, 2.75) is 19.5 Å². The highest BCUT2D eigenvalue weighted by Crippen LogP contribution is 2.05. The number of hydrogen-bond acceptors (Lipinski definition) is 1. The Balaban J connectivity index is 2.50. The zero-order valence-corrected chi connectivity index (χ0v) is 9.14. The fourth-order valence-electron chi connectivity index (χ4n) is 0.981. The molecule has 0 saturated heterocycles. The van der Waals surface area contributed by atoms with E-state index in [1.165, 1.54) is 6.07 Å². The van der Waals surface area contributed by atoms with E-state index in [0.29, 0.717) is 12.6 Å². The third kappa shape index (κ3) is 3.44. The number of hydrogen-bond donors (Lipinski definition) is 1. The summed E-state index contributed by atoms with van der Waals surface area (Å²) in [5.74, 6) is -0.142. The van der Waals surface area contributed by atoms with Crippen molar-refractivity contribution in [3.05, 3.63) is 35.6 Å². The van der Waals surface area contributed by atoms with Gasteiger partial charge in [0.1, 0.15) is 5.82 Å². The molecule has 72 valence electrons. The second-order valence-electron chi connectivity index (χ2n) is 3.03. The fraction of sp³-hybridized carbons (Fsp3) is 0.400. The highest BCUT2D eigenvalue weighted by atomic mass is 79.9. The van der Waals surface area contributed by atoms with Crippen LogP contribution in [0.3, 0.4) is 0 Å². The summed E-state index contributed by atoms with van der Waals surface area (Å²) in [6.45, 7) is 2.63. The maximum atomic E-state index is 13.1. The van der Waals surface area contributed by atoms with Crippen LogP contribution in [-0.4, -0.2) is 11.4 Å². The molecule has 0 aromatic heterocycles. The topological polar surface area (TPSA) is 12.0 Å². The van der Waals surface area contributed by atoms with Gasteiger partial charge in [-0.25, -0.2) is 4.39 Å². The summed E-state index contributed by atoms with van der Waals surface area (Å²) < 4.78 is 13.1. The average Bonchev–Trinajstić information content (AvgIpc) is 2.16. The SMILES string of the molecule is CC(CBr)NCc1ccccc1F. The number of benzene rings is 1. The summed E-state index contributed by atoms with van der Waals surface area (Å²) in [5, 5.41) is 4.08. The molecule has 3 heteroatoms. The molecular weight excluding hydrogens is 233 g/mol. The highest BCUT2D eigenvalue weighted by molar-refractivity contribution is 9.09. The average molecular weight is 246 g/mol. The molecule has 1 N–H and O–H groups in total. The summed E-state index contributed by atoms with van der Waals surface area (Å²) in [6.07, 6.45) is 0. The lowest BCUT2D eigenvalue weighted by Gasteiger charge is -2.10. The van der Waals surface area contributed by atoms with Crippen molar-refractivity contribution in [2.75, 3.05) is 5.33 Å². The quantitative estimate of drug-likeness (QED) is 0.805. The third-order valence-electron chi connectivity index (χ3n) is 1.83. The van der Waals surface area contributed by atoms with Gasteiger partial charge in [0, 0.05) is 23.5 Å². The monoisotopic (exact) mass is 245 g/mol. The van der Waals surface area contributed by atoms with Crippen LogP contribution in [0.5, 0.6) is 0 Å². The van der Waals surface area contributed by atoms with Crippen LogP contribution in [0.25, 0.3) is 0 Å². The second kappa shape index (κ2) is 5.35. The van der Waals surface area contributed by atoms with Gasteiger partial charge < -0.3 is 5.32 Å². The van der Waals surface area contributed by atoms with Gasteiger partial charge in [-0.3, -0.25) is 0 Å². The molecule has 1 nitrogen and oxygen atoms in total. The molecule has 0 heterocycles. The minimum Gasteiger partial charge on any atom is -0.309 e. The summed E-state index contributed by atoms with van der Waals surface area (Å²) in [6, 6.07) is 7.18. The number of halogens is 2. The van der Waals surface area contributed by atoms with Gasteiger partial charge in [0.05, 0.1) is 0 Å². The van der Waals surface area contributed by atoms with E-state index in [1.54, 1.807) is 12.1 Å². The van der Waals surface area contributed by atoms with Crippen LogP contribution < -0.4 is 5.32 Å². The molecule has 1 rings (SSSR count). The minimum absolute atomic E-state index is 0.142. The number of alkyl halides is 1. The van der Waals surface area contributed by atoms with E-state index in [-0.39, 0.29) is 5.82 Å². The number of rotatable bonds is 4. The lowest BCUT2D eigenvalue weighted by atomic mass is 10.2. The zero-order chi connectivity index (χ0) is 9.68. The van der Waals surface area contributed by atoms with Gasteiger partial charge >= 0.3 is 0 Å². The largest absolute Gasteiger partial charge is 0.309 e. The zero-order valence-electron chi connectivity index (χ0n) is 7.56. The molecule has 0 radical (unpaired) electrons. The van der Waals surface area contributed by atoms with Crippen LogP contribution in [0.1, 0.15) is 12.5 Å². The second-order valence-corrected chi connectivity index (χ2v) is 3.68. The van der Waals surface area contributed by atoms with Crippen molar-refractivity contribution < 1.29 is 4.39 Å². The van der Waals surface area contributed by atoms with E-state index in [4.69, 9.17) is 0 Å². The molecular formula is C10H13BrFN. The third-order valence-corrected chi connectivity index (χ3v) is 2.80. The molecule has 0 aliphatic heterocycles. The summed E-state index contributed by atoms with van der Waals surface area (Å²) >= 11 is 3.35. The Kier molecular flexibility index (Phi) is 4.39. The summed E-state index contributed by atoms with van der Waals surface area (Å²) in [7, 11) is 0. The molecule has 0 aliphatic rings. The minimum atomic E-state index is -0.142. The predicted octanol–water partition coefficient (Wildman–Crippen LogP) is 2.70. The molecule has 1 atom stereocenters. The molecule has 1 aromatic rings. The maximum absolute atomic E-state index is 13.1. The highest BCUT2D eigenvalue weighted by Gasteiger charge is 2.02. The summed E-state index contributed by atoms with van der Waals surface area (Å²) in [5.41, 5.74) is 0.718. The van der Waals surface area contributed by atoms with Crippen LogP contribution in [0, 0.1) is 5.82 Å². The number of nitrogens with one attached hydrogen (secondary N) is 1. The van der Waals surface area contributed by atoms with E-state index in [1.807, 2.05) is 6.07 Å².